The maximum atomic E-state index is 3.49. The van der Waals surface area contributed by atoms with Gasteiger partial charge >= 0.3 is 0 Å². The topological polar surface area (TPSA) is 12.0 Å². The zero-order chi connectivity index (χ0) is 10.6. The van der Waals surface area contributed by atoms with Crippen molar-refractivity contribution in [2.45, 2.75) is 27.3 Å². The van der Waals surface area contributed by atoms with E-state index in [-0.39, 0.29) is 0 Å². The van der Waals surface area contributed by atoms with Gasteiger partial charge in [0.05, 0.1) is 0 Å². The Morgan fingerprint density at radius 1 is 1.36 bits per heavy atom. The fraction of sp³-hybridized carbons (Fsp3) is 0.500. The standard InChI is InChI=1S/C12H18BrN/c1-9(2)7-14-8-11-6-12(13)5-4-10(11)3/h4-6,9,14H,7-8H2,1-3H3. The van der Waals surface area contributed by atoms with Gasteiger partial charge in [0.2, 0.25) is 0 Å². The van der Waals surface area contributed by atoms with Gasteiger partial charge in [-0.2, -0.15) is 0 Å². The molecule has 0 aliphatic heterocycles. The van der Waals surface area contributed by atoms with E-state index in [4.69, 9.17) is 0 Å². The average molecular weight is 256 g/mol. The highest BCUT2D eigenvalue weighted by atomic mass is 79.9. The van der Waals surface area contributed by atoms with E-state index in [0.717, 1.165) is 17.6 Å². The molecule has 0 atom stereocenters. The molecule has 1 rings (SSSR count). The summed E-state index contributed by atoms with van der Waals surface area (Å²) >= 11 is 3.49. The second-order valence-corrected chi connectivity index (χ2v) is 5.01. The quantitative estimate of drug-likeness (QED) is 0.869. The van der Waals surface area contributed by atoms with Gasteiger partial charge in [0, 0.05) is 11.0 Å². The van der Waals surface area contributed by atoms with Crippen LogP contribution in [-0.4, -0.2) is 6.54 Å². The Bertz CT molecular complexity index is 294. The molecule has 0 aliphatic carbocycles. The molecular formula is C12H18BrN. The monoisotopic (exact) mass is 255 g/mol. The molecule has 0 fully saturated rings. The number of nitrogens with one attached hydrogen (secondary N) is 1. The zero-order valence-electron chi connectivity index (χ0n) is 9.10. The van der Waals surface area contributed by atoms with Crippen LogP contribution in [0.25, 0.3) is 0 Å². The fourth-order valence-corrected chi connectivity index (χ4v) is 1.73. The van der Waals surface area contributed by atoms with Gasteiger partial charge in [-0.05, 0) is 42.6 Å². The van der Waals surface area contributed by atoms with Crippen LogP contribution in [0.4, 0.5) is 0 Å². The molecule has 0 unspecified atom stereocenters. The second kappa shape index (κ2) is 5.52. The van der Waals surface area contributed by atoms with Gasteiger partial charge in [-0.15, -0.1) is 0 Å². The molecule has 0 amide bonds. The molecule has 1 aromatic carbocycles. The highest BCUT2D eigenvalue weighted by Gasteiger charge is 1.99. The van der Waals surface area contributed by atoms with Crippen LogP contribution in [0.1, 0.15) is 25.0 Å². The first-order valence-electron chi connectivity index (χ1n) is 5.05. The molecule has 1 aromatic rings. The fourth-order valence-electron chi connectivity index (χ4n) is 1.33. The minimum Gasteiger partial charge on any atom is -0.312 e. The largest absolute Gasteiger partial charge is 0.312 e. The van der Waals surface area contributed by atoms with Gasteiger partial charge in [-0.3, -0.25) is 0 Å². The van der Waals surface area contributed by atoms with E-state index in [1.807, 2.05) is 0 Å². The summed E-state index contributed by atoms with van der Waals surface area (Å²) < 4.78 is 1.16. The van der Waals surface area contributed by atoms with Crippen molar-refractivity contribution in [3.8, 4) is 0 Å². The predicted molar refractivity (Wildman–Crippen MR) is 65.4 cm³/mol. The summed E-state index contributed by atoms with van der Waals surface area (Å²) in [4.78, 5) is 0. The molecule has 1 N–H and O–H groups in total. The van der Waals surface area contributed by atoms with Crippen molar-refractivity contribution in [3.63, 3.8) is 0 Å². The number of aryl methyl sites for hydroxylation is 1. The number of hydrogen-bond acceptors (Lipinski definition) is 1. The highest BCUT2D eigenvalue weighted by molar-refractivity contribution is 9.10. The van der Waals surface area contributed by atoms with E-state index in [1.54, 1.807) is 0 Å². The maximum absolute atomic E-state index is 3.49. The van der Waals surface area contributed by atoms with Crippen molar-refractivity contribution in [1.82, 2.24) is 5.32 Å². The van der Waals surface area contributed by atoms with Crippen molar-refractivity contribution in [3.05, 3.63) is 33.8 Å². The van der Waals surface area contributed by atoms with Crippen molar-refractivity contribution < 1.29 is 0 Å². The summed E-state index contributed by atoms with van der Waals surface area (Å²) in [6, 6.07) is 6.42. The first-order valence-corrected chi connectivity index (χ1v) is 5.84. The summed E-state index contributed by atoms with van der Waals surface area (Å²) in [6.07, 6.45) is 0. The molecule has 1 nitrogen and oxygen atoms in total. The summed E-state index contributed by atoms with van der Waals surface area (Å²) in [5, 5.41) is 3.45. The predicted octanol–water partition coefficient (Wildman–Crippen LogP) is 3.50. The first kappa shape index (κ1) is 11.7. The molecule has 0 bridgehead atoms. The summed E-state index contributed by atoms with van der Waals surface area (Å²) in [6.45, 7) is 8.63. The minimum atomic E-state index is 0.711. The molecule has 78 valence electrons. The van der Waals surface area contributed by atoms with Crippen LogP contribution < -0.4 is 5.32 Å². The van der Waals surface area contributed by atoms with Gasteiger partial charge < -0.3 is 5.32 Å². The van der Waals surface area contributed by atoms with Crippen LogP contribution >= 0.6 is 15.9 Å². The molecule has 0 spiro atoms. The lowest BCUT2D eigenvalue weighted by molar-refractivity contribution is 0.551. The van der Waals surface area contributed by atoms with Gasteiger partial charge in [0.1, 0.15) is 0 Å². The smallest absolute Gasteiger partial charge is 0.0208 e. The average Bonchev–Trinajstić information content (AvgIpc) is 2.10. The normalized spacial score (nSPS) is 10.9. The van der Waals surface area contributed by atoms with E-state index in [0.29, 0.717) is 5.92 Å². The van der Waals surface area contributed by atoms with Crippen LogP contribution in [0, 0.1) is 12.8 Å². The molecule has 14 heavy (non-hydrogen) atoms. The second-order valence-electron chi connectivity index (χ2n) is 4.10. The van der Waals surface area contributed by atoms with E-state index in [2.05, 4.69) is 60.2 Å². The molecule has 2 heteroatoms. The third-order valence-corrected chi connectivity index (χ3v) is 2.67. The first-order chi connectivity index (χ1) is 6.59. The lowest BCUT2D eigenvalue weighted by atomic mass is 10.1. The van der Waals surface area contributed by atoms with E-state index in [1.165, 1.54) is 11.1 Å². The third-order valence-electron chi connectivity index (χ3n) is 2.18. The summed E-state index contributed by atoms with van der Waals surface area (Å²) in [5.74, 6) is 0.711. The van der Waals surface area contributed by atoms with Crippen molar-refractivity contribution in [2.75, 3.05) is 6.54 Å². The van der Waals surface area contributed by atoms with Crippen molar-refractivity contribution in [1.29, 1.82) is 0 Å². The van der Waals surface area contributed by atoms with E-state index >= 15 is 0 Å². The number of hydrogen-bond donors (Lipinski definition) is 1. The molecule has 0 aliphatic rings. The van der Waals surface area contributed by atoms with Crippen LogP contribution in [0.15, 0.2) is 22.7 Å². The van der Waals surface area contributed by atoms with Gasteiger partial charge in [0.25, 0.3) is 0 Å². The number of benzene rings is 1. The SMILES string of the molecule is Cc1ccc(Br)cc1CNCC(C)C. The van der Waals surface area contributed by atoms with Gasteiger partial charge in [-0.25, -0.2) is 0 Å². The molecule has 0 radical (unpaired) electrons. The van der Waals surface area contributed by atoms with Crippen LogP contribution in [-0.2, 0) is 6.54 Å². The Labute approximate surface area is 95.0 Å². The number of halogens is 1. The maximum Gasteiger partial charge on any atom is 0.0208 e. The molecule has 0 saturated carbocycles. The Kier molecular flexibility index (Phi) is 4.63. The lowest BCUT2D eigenvalue weighted by Gasteiger charge is -2.09. The van der Waals surface area contributed by atoms with E-state index < -0.39 is 0 Å². The number of rotatable bonds is 4. The Hall–Kier alpha value is -0.340. The van der Waals surface area contributed by atoms with Gasteiger partial charge in [-0.1, -0.05) is 35.8 Å². The van der Waals surface area contributed by atoms with E-state index in [9.17, 15) is 0 Å². The van der Waals surface area contributed by atoms with Crippen LogP contribution in [0.3, 0.4) is 0 Å². The van der Waals surface area contributed by atoms with Crippen molar-refractivity contribution in [2.24, 2.45) is 5.92 Å². The Morgan fingerprint density at radius 2 is 2.07 bits per heavy atom. The van der Waals surface area contributed by atoms with Gasteiger partial charge in [0.15, 0.2) is 0 Å². The Morgan fingerprint density at radius 3 is 2.71 bits per heavy atom. The molecule has 0 saturated heterocycles. The minimum absolute atomic E-state index is 0.711. The highest BCUT2D eigenvalue weighted by Crippen LogP contribution is 2.15. The summed E-state index contributed by atoms with van der Waals surface area (Å²) in [5.41, 5.74) is 2.73. The zero-order valence-corrected chi connectivity index (χ0v) is 10.7. The van der Waals surface area contributed by atoms with Crippen LogP contribution in [0.5, 0.6) is 0 Å². The van der Waals surface area contributed by atoms with Crippen LogP contribution in [0.2, 0.25) is 0 Å². The summed E-state index contributed by atoms with van der Waals surface area (Å²) in [7, 11) is 0. The van der Waals surface area contributed by atoms with Crippen molar-refractivity contribution >= 4 is 15.9 Å². The molecule has 0 aromatic heterocycles. The third kappa shape index (κ3) is 3.81. The Balaban J connectivity index is 2.53. The molecular weight excluding hydrogens is 238 g/mol. The lowest BCUT2D eigenvalue weighted by Crippen LogP contribution is -2.19. The molecule has 0 heterocycles.